The minimum Gasteiger partial charge on any atom is -0.492 e. The van der Waals surface area contributed by atoms with Crippen LogP contribution in [0.2, 0.25) is 0 Å². The number of nitrogens with one attached hydrogen (secondary N) is 1. The summed E-state index contributed by atoms with van der Waals surface area (Å²) in [6.45, 7) is 5.13. The van der Waals surface area contributed by atoms with Crippen LogP contribution in [0, 0.1) is 0 Å². The first-order chi connectivity index (χ1) is 17.0. The number of fused-ring (bicyclic) bond motifs is 1. The average Bonchev–Trinajstić information content (AvgIpc) is 3.21. The molecule has 184 valence electrons. The number of allylic oxidation sites excluding steroid dienone is 1. The molecule has 2 unspecified atom stereocenters. The molecule has 3 aromatic carbocycles. The monoisotopic (exact) mass is 506 g/mol. The van der Waals surface area contributed by atoms with Gasteiger partial charge in [-0.15, -0.1) is 0 Å². The van der Waals surface area contributed by atoms with Crippen molar-refractivity contribution in [2.75, 3.05) is 25.1 Å². The van der Waals surface area contributed by atoms with Gasteiger partial charge in [-0.05, 0) is 79.7 Å². The minimum absolute atomic E-state index is 0.180. The summed E-state index contributed by atoms with van der Waals surface area (Å²) in [5.74, 6) is 0.865. The number of benzene rings is 3. The molecule has 5 N–H and O–H groups in total. The molecular weight excluding hydrogens is 472 g/mol. The van der Waals surface area contributed by atoms with Gasteiger partial charge in [-0.2, -0.15) is 0 Å². The second kappa shape index (κ2) is 11.9. The van der Waals surface area contributed by atoms with E-state index in [1.165, 1.54) is 21.0 Å². The number of likely N-dealkylation sites (N-methyl/N-ethyl adjacent to an activating group) is 1. The number of anilines is 1. The Kier molecular flexibility index (Phi) is 8.68. The molecule has 0 bridgehead atoms. The predicted molar refractivity (Wildman–Crippen MR) is 151 cm³/mol. The van der Waals surface area contributed by atoms with Crippen LogP contribution in [0.1, 0.15) is 25.0 Å². The number of nitrogens with two attached hydrogens (primary N) is 2. The van der Waals surface area contributed by atoms with Crippen molar-refractivity contribution in [3.05, 3.63) is 89.5 Å². The summed E-state index contributed by atoms with van der Waals surface area (Å²) in [6.07, 6.45) is 0.871. The highest BCUT2D eigenvalue weighted by Gasteiger charge is 2.34. The molecular formula is C28H34N4OS2. The fourth-order valence-corrected chi connectivity index (χ4v) is 6.34. The molecule has 0 aliphatic carbocycles. The molecule has 0 spiro atoms. The Morgan fingerprint density at radius 2 is 1.89 bits per heavy atom. The molecule has 2 atom stereocenters. The van der Waals surface area contributed by atoms with Crippen LogP contribution in [0.25, 0.3) is 5.70 Å². The average molecular weight is 507 g/mol. The Balaban J connectivity index is 1.58. The van der Waals surface area contributed by atoms with E-state index in [2.05, 4.69) is 91.2 Å². The molecule has 35 heavy (non-hydrogen) atoms. The first-order valence-corrected chi connectivity index (χ1v) is 13.5. The van der Waals surface area contributed by atoms with Gasteiger partial charge < -0.3 is 21.1 Å². The standard InChI is InChI=1S/C28H34N4OS2/c1-19(2)27(30)21-9-7-8-20(16-21)17-24(31-35-23-10-5-4-6-11-23)28-32(3)25-13-12-22(33-15-14-29)18-26(25)34-28/h4-13,16,18,24,28,31H,14-15,17,29-30H2,1-3H3. The van der Waals surface area contributed by atoms with Crippen molar-refractivity contribution in [3.63, 3.8) is 0 Å². The lowest BCUT2D eigenvalue weighted by atomic mass is 10.0. The number of hydrogen-bond donors (Lipinski definition) is 3. The summed E-state index contributed by atoms with van der Waals surface area (Å²) in [7, 11) is 2.17. The third-order valence-corrected chi connectivity index (χ3v) is 8.37. The highest BCUT2D eigenvalue weighted by Crippen LogP contribution is 2.46. The minimum atomic E-state index is 0.180. The summed E-state index contributed by atoms with van der Waals surface area (Å²) < 4.78 is 9.55. The van der Waals surface area contributed by atoms with Crippen molar-refractivity contribution in [3.8, 4) is 5.75 Å². The van der Waals surface area contributed by atoms with Crippen LogP contribution in [0.4, 0.5) is 5.69 Å². The Hall–Kier alpha value is -2.58. The van der Waals surface area contributed by atoms with Gasteiger partial charge in [-0.25, -0.2) is 0 Å². The van der Waals surface area contributed by atoms with Crippen molar-refractivity contribution < 1.29 is 4.74 Å². The predicted octanol–water partition coefficient (Wildman–Crippen LogP) is 5.51. The van der Waals surface area contributed by atoms with Gasteiger partial charge in [0.2, 0.25) is 0 Å². The van der Waals surface area contributed by atoms with E-state index in [9.17, 15) is 0 Å². The molecule has 0 radical (unpaired) electrons. The first kappa shape index (κ1) is 25.5. The summed E-state index contributed by atoms with van der Waals surface area (Å²) >= 11 is 3.56. The fraction of sp³-hybridized carbons (Fsp3) is 0.286. The topological polar surface area (TPSA) is 76.5 Å². The van der Waals surface area contributed by atoms with Crippen LogP contribution in [-0.4, -0.2) is 31.6 Å². The number of rotatable bonds is 10. The SMILES string of the molecule is CC(C)=C(N)c1cccc(CC(NSc2ccccc2)C2Sc3cc(OCCN)ccc3N2C)c1. The smallest absolute Gasteiger partial charge is 0.120 e. The van der Waals surface area contributed by atoms with E-state index in [-0.39, 0.29) is 11.4 Å². The van der Waals surface area contributed by atoms with Crippen LogP contribution in [0.5, 0.6) is 5.75 Å². The lowest BCUT2D eigenvalue weighted by Crippen LogP contribution is -2.44. The van der Waals surface area contributed by atoms with Gasteiger partial charge in [0.25, 0.3) is 0 Å². The number of nitrogens with zero attached hydrogens (tertiary/aromatic N) is 1. The van der Waals surface area contributed by atoms with E-state index in [0.717, 1.165) is 29.0 Å². The van der Waals surface area contributed by atoms with Gasteiger partial charge in [0.05, 0.1) is 17.1 Å². The normalized spacial score (nSPS) is 15.5. The molecule has 4 rings (SSSR count). The first-order valence-electron chi connectivity index (χ1n) is 11.8. The number of ether oxygens (including phenoxy) is 1. The van der Waals surface area contributed by atoms with Gasteiger partial charge in [0, 0.05) is 29.1 Å². The van der Waals surface area contributed by atoms with Crippen molar-refractivity contribution in [1.29, 1.82) is 0 Å². The van der Waals surface area contributed by atoms with Gasteiger partial charge in [-0.3, -0.25) is 4.72 Å². The Bertz CT molecular complexity index is 1160. The van der Waals surface area contributed by atoms with Crippen LogP contribution in [-0.2, 0) is 6.42 Å². The molecule has 0 aromatic heterocycles. The van der Waals surface area contributed by atoms with Crippen LogP contribution in [0.3, 0.4) is 0 Å². The van der Waals surface area contributed by atoms with Gasteiger partial charge in [0.1, 0.15) is 12.4 Å². The van der Waals surface area contributed by atoms with Crippen molar-refractivity contribution in [2.24, 2.45) is 11.5 Å². The molecule has 1 aliphatic heterocycles. The highest BCUT2D eigenvalue weighted by molar-refractivity contribution is 8.00. The lowest BCUT2D eigenvalue weighted by Gasteiger charge is -2.30. The summed E-state index contributed by atoms with van der Waals surface area (Å²) in [6, 6.07) is 25.5. The molecule has 1 aliphatic rings. The quantitative estimate of drug-likeness (QED) is 0.313. The Morgan fingerprint density at radius 3 is 2.63 bits per heavy atom. The molecule has 0 amide bonds. The molecule has 5 nitrogen and oxygen atoms in total. The maximum atomic E-state index is 6.35. The largest absolute Gasteiger partial charge is 0.492 e. The Labute approximate surface area is 217 Å². The zero-order chi connectivity index (χ0) is 24.8. The molecule has 3 aromatic rings. The second-order valence-corrected chi connectivity index (χ2v) is 10.9. The molecule has 0 fully saturated rings. The van der Waals surface area contributed by atoms with Crippen LogP contribution >= 0.6 is 23.7 Å². The van der Waals surface area contributed by atoms with Crippen molar-refractivity contribution >= 4 is 35.1 Å². The molecule has 7 heteroatoms. The van der Waals surface area contributed by atoms with Crippen LogP contribution in [0.15, 0.2) is 88.2 Å². The van der Waals surface area contributed by atoms with Crippen molar-refractivity contribution in [1.82, 2.24) is 4.72 Å². The van der Waals surface area contributed by atoms with E-state index in [1.54, 1.807) is 11.9 Å². The lowest BCUT2D eigenvalue weighted by molar-refractivity contribution is 0.327. The summed E-state index contributed by atoms with van der Waals surface area (Å²) in [5.41, 5.74) is 17.5. The summed E-state index contributed by atoms with van der Waals surface area (Å²) in [4.78, 5) is 4.79. The number of hydrogen-bond acceptors (Lipinski definition) is 7. The summed E-state index contributed by atoms with van der Waals surface area (Å²) in [5, 5.41) is 0.218. The Morgan fingerprint density at radius 1 is 1.09 bits per heavy atom. The van der Waals surface area contributed by atoms with E-state index in [4.69, 9.17) is 16.2 Å². The van der Waals surface area contributed by atoms with E-state index in [0.29, 0.717) is 13.2 Å². The third-order valence-electron chi connectivity index (χ3n) is 5.98. The third kappa shape index (κ3) is 6.35. The number of thioether (sulfide) groups is 1. The van der Waals surface area contributed by atoms with E-state index < -0.39 is 0 Å². The fourth-order valence-electron chi connectivity index (χ4n) is 4.09. The zero-order valence-electron chi connectivity index (χ0n) is 20.5. The maximum absolute atomic E-state index is 6.35. The highest BCUT2D eigenvalue weighted by atomic mass is 32.2. The molecule has 0 saturated carbocycles. The maximum Gasteiger partial charge on any atom is 0.120 e. The zero-order valence-corrected chi connectivity index (χ0v) is 22.2. The van der Waals surface area contributed by atoms with E-state index >= 15 is 0 Å². The van der Waals surface area contributed by atoms with Crippen molar-refractivity contribution in [2.45, 2.75) is 41.5 Å². The van der Waals surface area contributed by atoms with E-state index in [1.807, 2.05) is 23.9 Å². The second-order valence-electron chi connectivity index (χ2n) is 8.84. The van der Waals surface area contributed by atoms with Gasteiger partial charge in [-0.1, -0.05) is 53.7 Å². The molecule has 1 heterocycles. The van der Waals surface area contributed by atoms with Gasteiger partial charge >= 0.3 is 0 Å². The van der Waals surface area contributed by atoms with Gasteiger partial charge in [0.15, 0.2) is 0 Å². The molecule has 0 saturated heterocycles. The van der Waals surface area contributed by atoms with Crippen LogP contribution < -0.4 is 25.8 Å².